The van der Waals surface area contributed by atoms with Crippen molar-refractivity contribution >= 4 is 33.1 Å². The standard InChI is InChI=1S/C13H9N.C8H8S/c1-3-7-12-10(5-1)9-11-6-2-4-8-13(11)14-12;1-2-4-6-8-9-7-5-3-1/h1-9H;1-8H. The second kappa shape index (κ2) is 8.06. The lowest BCUT2D eigenvalue weighted by Gasteiger charge is -1.99. The lowest BCUT2D eigenvalue weighted by Crippen LogP contribution is -1.80. The number of rotatable bonds is 0. The van der Waals surface area contributed by atoms with Crippen LogP contribution in [0.1, 0.15) is 0 Å². The van der Waals surface area contributed by atoms with E-state index in [0.717, 1.165) is 11.0 Å². The van der Waals surface area contributed by atoms with Gasteiger partial charge in [-0.25, -0.2) is 4.98 Å². The van der Waals surface area contributed by atoms with E-state index in [1.165, 1.54) is 10.8 Å². The van der Waals surface area contributed by atoms with Gasteiger partial charge in [-0.05, 0) is 29.0 Å². The summed E-state index contributed by atoms with van der Waals surface area (Å²) in [6.07, 6.45) is 0. The zero-order valence-electron chi connectivity index (χ0n) is 12.7. The Hall–Kier alpha value is -2.71. The molecule has 23 heavy (non-hydrogen) atoms. The zero-order chi connectivity index (χ0) is 15.7. The molecule has 2 heterocycles. The van der Waals surface area contributed by atoms with Gasteiger partial charge in [-0.3, -0.25) is 0 Å². The molecule has 0 saturated carbocycles. The predicted octanol–water partition coefficient (Wildman–Crippen LogP) is 6.26. The van der Waals surface area contributed by atoms with Crippen LogP contribution in [0.4, 0.5) is 0 Å². The van der Waals surface area contributed by atoms with E-state index in [4.69, 9.17) is 0 Å². The van der Waals surface area contributed by atoms with Gasteiger partial charge in [0.05, 0.1) is 11.0 Å². The molecule has 0 amide bonds. The minimum Gasteiger partial charge on any atom is -0.248 e. The van der Waals surface area contributed by atoms with E-state index in [1.54, 1.807) is 11.3 Å². The van der Waals surface area contributed by atoms with Gasteiger partial charge in [-0.1, -0.05) is 72.8 Å². The molecule has 0 N–H and O–H groups in total. The molecule has 4 aromatic rings. The maximum atomic E-state index is 4.58. The van der Waals surface area contributed by atoms with E-state index in [-0.39, 0.29) is 0 Å². The van der Waals surface area contributed by atoms with Crippen molar-refractivity contribution < 1.29 is 0 Å². The van der Waals surface area contributed by atoms with E-state index in [1.807, 2.05) is 83.6 Å². The fourth-order valence-electron chi connectivity index (χ4n) is 2.20. The average molecular weight is 315 g/mol. The molecule has 1 nitrogen and oxygen atoms in total. The van der Waals surface area contributed by atoms with Crippen LogP contribution in [0.15, 0.2) is 102 Å². The summed E-state index contributed by atoms with van der Waals surface area (Å²) in [7, 11) is 0. The molecule has 112 valence electrons. The van der Waals surface area contributed by atoms with Crippen LogP contribution < -0.4 is 0 Å². The summed E-state index contributed by atoms with van der Waals surface area (Å²) >= 11 is 1.68. The van der Waals surface area contributed by atoms with Crippen LogP contribution in [0, 0.1) is 0 Å². The highest BCUT2D eigenvalue weighted by Gasteiger charge is 1.96. The highest BCUT2D eigenvalue weighted by molar-refractivity contribution is 7.07. The molecule has 4 rings (SSSR count). The Labute approximate surface area is 140 Å². The van der Waals surface area contributed by atoms with Gasteiger partial charge in [-0.15, -0.1) is 0 Å². The van der Waals surface area contributed by atoms with Crippen molar-refractivity contribution in [1.82, 2.24) is 4.98 Å². The van der Waals surface area contributed by atoms with Crippen LogP contribution in [0.2, 0.25) is 0 Å². The second-order valence-electron chi connectivity index (χ2n) is 4.94. The molecular formula is C21H17NS. The molecule has 0 bridgehead atoms. The van der Waals surface area contributed by atoms with Crippen LogP contribution in [0.3, 0.4) is 0 Å². The Morgan fingerprint density at radius 1 is 0.522 bits per heavy atom. The maximum Gasteiger partial charge on any atom is 0.0709 e. The smallest absolute Gasteiger partial charge is 0.0709 e. The molecule has 0 radical (unpaired) electrons. The molecule has 2 aromatic carbocycles. The molecule has 0 aliphatic heterocycles. The second-order valence-corrected chi connectivity index (χ2v) is 5.75. The number of nitrogens with zero attached hydrogens (tertiary/aromatic N) is 1. The van der Waals surface area contributed by atoms with Gasteiger partial charge in [0.1, 0.15) is 0 Å². The van der Waals surface area contributed by atoms with Gasteiger partial charge < -0.3 is 0 Å². The molecule has 2 aromatic heterocycles. The summed E-state index contributed by atoms with van der Waals surface area (Å²) in [6, 6.07) is 30.6. The summed E-state index contributed by atoms with van der Waals surface area (Å²) < 4.78 is 0. The SMILES string of the molecule is c1ccc2nc3ccccc3cc2c1.c1ccccsccc1. The third-order valence-electron chi connectivity index (χ3n) is 3.30. The monoisotopic (exact) mass is 315 g/mol. The van der Waals surface area contributed by atoms with Crippen molar-refractivity contribution in [2.45, 2.75) is 0 Å². The first kappa shape index (κ1) is 15.2. The van der Waals surface area contributed by atoms with Gasteiger partial charge in [-0.2, -0.15) is 11.3 Å². The number of hydrogen-bond donors (Lipinski definition) is 0. The van der Waals surface area contributed by atoms with Crippen LogP contribution in [-0.2, 0) is 0 Å². The highest BCUT2D eigenvalue weighted by Crippen LogP contribution is 2.18. The molecule has 0 fully saturated rings. The summed E-state index contributed by atoms with van der Waals surface area (Å²) in [6.45, 7) is 0. The Morgan fingerprint density at radius 3 is 1.57 bits per heavy atom. The molecule has 0 saturated heterocycles. The number of aromatic nitrogens is 1. The van der Waals surface area contributed by atoms with Crippen LogP contribution in [0.25, 0.3) is 21.8 Å². The summed E-state index contributed by atoms with van der Waals surface area (Å²) in [5, 5.41) is 6.48. The van der Waals surface area contributed by atoms with Gasteiger partial charge in [0.2, 0.25) is 0 Å². The Morgan fingerprint density at radius 2 is 1.00 bits per heavy atom. The van der Waals surface area contributed by atoms with E-state index >= 15 is 0 Å². The van der Waals surface area contributed by atoms with E-state index in [0.29, 0.717) is 0 Å². The van der Waals surface area contributed by atoms with Gasteiger partial charge >= 0.3 is 0 Å². The van der Waals surface area contributed by atoms with Crippen LogP contribution in [-0.4, -0.2) is 4.98 Å². The van der Waals surface area contributed by atoms with E-state index in [9.17, 15) is 0 Å². The largest absolute Gasteiger partial charge is 0.248 e. The summed E-state index contributed by atoms with van der Waals surface area (Å²) in [4.78, 5) is 4.58. The Bertz CT molecular complexity index is 762. The number of benzene rings is 2. The molecule has 0 atom stereocenters. The predicted molar refractivity (Wildman–Crippen MR) is 101 cm³/mol. The lowest BCUT2D eigenvalue weighted by atomic mass is 10.1. The van der Waals surface area contributed by atoms with Crippen molar-refractivity contribution in [3.05, 3.63) is 102 Å². The van der Waals surface area contributed by atoms with Crippen molar-refractivity contribution in [3.63, 3.8) is 0 Å². The third-order valence-corrected chi connectivity index (χ3v) is 3.92. The Kier molecular flexibility index (Phi) is 5.33. The fraction of sp³-hybridized carbons (Fsp3) is 0. The first-order chi connectivity index (χ1) is 11.4. The van der Waals surface area contributed by atoms with Crippen molar-refractivity contribution in [2.24, 2.45) is 0 Å². The van der Waals surface area contributed by atoms with Crippen LogP contribution >= 0.6 is 11.3 Å². The minimum absolute atomic E-state index is 1.06. The number of para-hydroxylation sites is 2. The molecule has 2 heteroatoms. The summed E-state index contributed by atoms with van der Waals surface area (Å²) in [5.41, 5.74) is 2.12. The lowest BCUT2D eigenvalue weighted by molar-refractivity contribution is 1.50. The zero-order valence-corrected chi connectivity index (χ0v) is 13.5. The first-order valence-corrected chi connectivity index (χ1v) is 8.43. The highest BCUT2D eigenvalue weighted by atomic mass is 32.1. The molecule has 0 aliphatic rings. The maximum absolute atomic E-state index is 4.58. The fourth-order valence-corrected chi connectivity index (χ4v) is 2.66. The number of hydrogen-bond acceptors (Lipinski definition) is 2. The molecule has 0 aliphatic carbocycles. The normalized spacial score (nSPS) is 9.74. The average Bonchev–Trinajstić information content (AvgIpc) is 2.76. The minimum atomic E-state index is 1.06. The van der Waals surface area contributed by atoms with Gasteiger partial charge in [0.25, 0.3) is 0 Å². The molecule has 0 spiro atoms. The van der Waals surface area contributed by atoms with Crippen molar-refractivity contribution in [3.8, 4) is 0 Å². The molecule has 0 unspecified atom stereocenters. The molecular weight excluding hydrogens is 298 g/mol. The van der Waals surface area contributed by atoms with Crippen molar-refractivity contribution in [1.29, 1.82) is 0 Å². The third kappa shape index (κ3) is 4.38. The topological polar surface area (TPSA) is 12.9 Å². The van der Waals surface area contributed by atoms with E-state index in [2.05, 4.69) is 23.2 Å². The van der Waals surface area contributed by atoms with E-state index < -0.39 is 0 Å². The Balaban J connectivity index is 0.000000151. The first-order valence-electron chi connectivity index (χ1n) is 7.48. The van der Waals surface area contributed by atoms with Crippen molar-refractivity contribution in [2.75, 3.05) is 0 Å². The van der Waals surface area contributed by atoms with Crippen LogP contribution in [0.5, 0.6) is 0 Å². The number of fused-ring (bicyclic) bond motifs is 2. The van der Waals surface area contributed by atoms with Gasteiger partial charge in [0, 0.05) is 10.8 Å². The van der Waals surface area contributed by atoms with Gasteiger partial charge in [0.15, 0.2) is 0 Å². The quantitative estimate of drug-likeness (QED) is 0.349. The number of pyridine rings is 1. The summed E-state index contributed by atoms with van der Waals surface area (Å²) in [5.74, 6) is 0.